The Bertz CT molecular complexity index is 1390. The first kappa shape index (κ1) is 29.3. The molecule has 0 saturated heterocycles. The van der Waals surface area contributed by atoms with Crippen LogP contribution in [-0.4, -0.2) is 54.1 Å². The molecule has 4 rings (SSSR count). The third kappa shape index (κ3) is 5.63. The van der Waals surface area contributed by atoms with Crippen molar-refractivity contribution in [1.82, 2.24) is 4.98 Å². The molecule has 1 aliphatic rings. The maximum atomic E-state index is 14.5. The molecule has 0 bridgehead atoms. The Hall–Kier alpha value is -3.67. The zero-order valence-corrected chi connectivity index (χ0v) is 22.3. The van der Waals surface area contributed by atoms with E-state index in [-0.39, 0.29) is 53.9 Å². The second-order valence-corrected chi connectivity index (χ2v) is 10.0. The van der Waals surface area contributed by atoms with Gasteiger partial charge in [-0.15, -0.1) is 0 Å². The first-order valence-corrected chi connectivity index (χ1v) is 12.6. The summed E-state index contributed by atoms with van der Waals surface area (Å²) in [4.78, 5) is 17.2. The average Bonchev–Trinajstić information content (AvgIpc) is 3.23. The van der Waals surface area contributed by atoms with E-state index < -0.39 is 41.6 Å². The van der Waals surface area contributed by atoms with E-state index in [0.29, 0.717) is 5.56 Å². The van der Waals surface area contributed by atoms with Crippen molar-refractivity contribution in [2.45, 2.75) is 44.0 Å². The third-order valence-corrected chi connectivity index (χ3v) is 6.87. The quantitative estimate of drug-likeness (QED) is 0.312. The van der Waals surface area contributed by atoms with Gasteiger partial charge in [0.05, 0.1) is 24.9 Å². The Balaban J connectivity index is 1.71. The summed E-state index contributed by atoms with van der Waals surface area (Å²) in [5.41, 5.74) is 3.02. The standard InChI is InChI=1S/C29H31F3N2O6/c1-17-4-6-18(7-5-17)25-26-20(27(2,33)16-40-26)15-24(34-25)28(37,29(30,31)32)11-10-21(36)19-8-9-22(39-13-12-35)23(14-19)38-3/h4-9,14-15,35,37H,10-13,16,33H2,1-3H3. The lowest BCUT2D eigenvalue weighted by molar-refractivity contribution is -0.270. The molecule has 0 amide bonds. The van der Waals surface area contributed by atoms with Gasteiger partial charge in [0.2, 0.25) is 5.60 Å². The minimum absolute atomic E-state index is 0.00644. The van der Waals surface area contributed by atoms with Gasteiger partial charge in [-0.25, -0.2) is 4.98 Å². The molecule has 0 aliphatic carbocycles. The number of nitrogens with zero attached hydrogens (tertiary/aromatic N) is 1. The summed E-state index contributed by atoms with van der Waals surface area (Å²) < 4.78 is 59.9. The van der Waals surface area contributed by atoms with Gasteiger partial charge in [0.15, 0.2) is 23.0 Å². The monoisotopic (exact) mass is 560 g/mol. The topological polar surface area (TPSA) is 124 Å². The number of benzene rings is 2. The molecule has 2 unspecified atom stereocenters. The van der Waals surface area contributed by atoms with E-state index in [1.54, 1.807) is 31.2 Å². The molecule has 214 valence electrons. The fourth-order valence-corrected chi connectivity index (χ4v) is 4.49. The number of alkyl halides is 3. The molecular formula is C29H31F3N2O6. The highest BCUT2D eigenvalue weighted by Gasteiger charge is 2.56. The van der Waals surface area contributed by atoms with Crippen LogP contribution in [-0.2, 0) is 11.1 Å². The lowest BCUT2D eigenvalue weighted by Gasteiger charge is -2.31. The SMILES string of the molecule is COc1cc(C(=O)CCC(O)(c2cc3c(c(-c4ccc(C)cc4)n2)OCC3(C)N)C(F)(F)F)ccc1OCCO. The zero-order chi connectivity index (χ0) is 29.3. The van der Waals surface area contributed by atoms with Gasteiger partial charge in [-0.3, -0.25) is 4.79 Å². The second-order valence-electron chi connectivity index (χ2n) is 10.0. The maximum Gasteiger partial charge on any atom is 0.422 e. The van der Waals surface area contributed by atoms with Crippen LogP contribution < -0.4 is 19.9 Å². The Morgan fingerprint density at radius 2 is 1.85 bits per heavy atom. The second kappa shape index (κ2) is 11.1. The Kier molecular flexibility index (Phi) is 8.11. The number of Topliss-reactive ketones (excluding diaryl/α,β-unsaturated/α-hetero) is 1. The third-order valence-electron chi connectivity index (χ3n) is 6.87. The maximum absolute atomic E-state index is 14.5. The van der Waals surface area contributed by atoms with E-state index in [0.717, 1.165) is 11.6 Å². The largest absolute Gasteiger partial charge is 0.493 e. The van der Waals surface area contributed by atoms with Crippen molar-refractivity contribution in [2.75, 3.05) is 26.9 Å². The number of aryl methyl sites for hydroxylation is 1. The van der Waals surface area contributed by atoms with Crippen molar-refractivity contribution in [3.8, 4) is 28.5 Å². The molecule has 1 aromatic heterocycles. The fraction of sp³-hybridized carbons (Fsp3) is 0.379. The van der Waals surface area contributed by atoms with Gasteiger partial charge in [0, 0.05) is 23.1 Å². The lowest BCUT2D eigenvalue weighted by Crippen LogP contribution is -2.44. The molecular weight excluding hydrogens is 529 g/mol. The van der Waals surface area contributed by atoms with Gasteiger partial charge in [0.25, 0.3) is 0 Å². The number of rotatable bonds is 10. The van der Waals surface area contributed by atoms with Gasteiger partial charge in [0.1, 0.15) is 18.9 Å². The van der Waals surface area contributed by atoms with Crippen LogP contribution in [0, 0.1) is 6.92 Å². The number of halogens is 3. The van der Waals surface area contributed by atoms with Crippen LogP contribution in [0.2, 0.25) is 0 Å². The van der Waals surface area contributed by atoms with Crippen LogP contribution in [0.5, 0.6) is 17.2 Å². The number of carbonyl (C=O) groups excluding carboxylic acids is 1. The smallest absolute Gasteiger partial charge is 0.422 e. The van der Waals surface area contributed by atoms with Crippen molar-refractivity contribution in [1.29, 1.82) is 0 Å². The number of nitrogens with two attached hydrogens (primary N) is 1. The molecule has 0 radical (unpaired) electrons. The molecule has 4 N–H and O–H groups in total. The van der Waals surface area contributed by atoms with Crippen molar-refractivity contribution >= 4 is 5.78 Å². The summed E-state index contributed by atoms with van der Waals surface area (Å²) in [7, 11) is 1.35. The molecule has 11 heteroatoms. The van der Waals surface area contributed by atoms with E-state index in [1.165, 1.54) is 25.3 Å². The average molecular weight is 561 g/mol. The van der Waals surface area contributed by atoms with Crippen LogP contribution in [0.25, 0.3) is 11.3 Å². The molecule has 0 saturated carbocycles. The first-order valence-electron chi connectivity index (χ1n) is 12.6. The van der Waals surface area contributed by atoms with Gasteiger partial charge in [-0.1, -0.05) is 29.8 Å². The van der Waals surface area contributed by atoms with Crippen molar-refractivity contribution in [3.05, 3.63) is 70.9 Å². The Morgan fingerprint density at radius 1 is 1.15 bits per heavy atom. The van der Waals surface area contributed by atoms with Crippen LogP contribution in [0.1, 0.15) is 46.9 Å². The number of hydrogen-bond donors (Lipinski definition) is 3. The number of carbonyl (C=O) groups is 1. The van der Waals surface area contributed by atoms with E-state index in [9.17, 15) is 23.1 Å². The van der Waals surface area contributed by atoms with Gasteiger partial charge in [-0.05, 0) is 44.5 Å². The molecule has 2 heterocycles. The highest BCUT2D eigenvalue weighted by atomic mass is 19.4. The summed E-state index contributed by atoms with van der Waals surface area (Å²) in [6.45, 7) is 3.27. The molecule has 0 fully saturated rings. The summed E-state index contributed by atoms with van der Waals surface area (Å²) in [6, 6.07) is 12.2. The Morgan fingerprint density at radius 3 is 2.48 bits per heavy atom. The molecule has 3 aromatic rings. The summed E-state index contributed by atoms with van der Waals surface area (Å²) >= 11 is 0. The van der Waals surface area contributed by atoms with Gasteiger partial charge in [-0.2, -0.15) is 13.2 Å². The minimum Gasteiger partial charge on any atom is -0.493 e. The summed E-state index contributed by atoms with van der Waals surface area (Å²) in [5, 5.41) is 20.1. The highest BCUT2D eigenvalue weighted by molar-refractivity contribution is 5.96. The molecule has 2 atom stereocenters. The van der Waals surface area contributed by atoms with Crippen LogP contribution in [0.4, 0.5) is 13.2 Å². The lowest BCUT2D eigenvalue weighted by atomic mass is 9.86. The molecule has 2 aromatic carbocycles. The first-order chi connectivity index (χ1) is 18.8. The number of aromatic nitrogens is 1. The molecule has 40 heavy (non-hydrogen) atoms. The van der Waals surface area contributed by atoms with E-state index in [4.69, 9.17) is 25.1 Å². The predicted molar refractivity (Wildman–Crippen MR) is 141 cm³/mol. The molecule has 0 spiro atoms. The number of hydrogen-bond acceptors (Lipinski definition) is 8. The predicted octanol–water partition coefficient (Wildman–Crippen LogP) is 4.42. The van der Waals surface area contributed by atoms with Crippen LogP contribution in [0.15, 0.2) is 48.5 Å². The number of aliphatic hydroxyl groups excluding tert-OH is 1. The molecule has 8 nitrogen and oxygen atoms in total. The highest BCUT2D eigenvalue weighted by Crippen LogP contribution is 2.48. The van der Waals surface area contributed by atoms with E-state index in [1.807, 2.05) is 6.92 Å². The van der Waals surface area contributed by atoms with E-state index >= 15 is 0 Å². The van der Waals surface area contributed by atoms with Crippen molar-refractivity contribution in [3.63, 3.8) is 0 Å². The number of aliphatic hydroxyl groups is 2. The van der Waals surface area contributed by atoms with E-state index in [2.05, 4.69) is 4.98 Å². The fourth-order valence-electron chi connectivity index (χ4n) is 4.49. The minimum atomic E-state index is -5.16. The normalized spacial score (nSPS) is 18.0. The number of pyridine rings is 1. The number of ketones is 1. The zero-order valence-electron chi connectivity index (χ0n) is 22.3. The van der Waals surface area contributed by atoms with Gasteiger partial charge < -0.3 is 30.2 Å². The summed E-state index contributed by atoms with van der Waals surface area (Å²) in [5.74, 6) is 0.0453. The van der Waals surface area contributed by atoms with Crippen LogP contribution >= 0.6 is 0 Å². The number of ether oxygens (including phenoxy) is 3. The van der Waals surface area contributed by atoms with Crippen LogP contribution in [0.3, 0.4) is 0 Å². The summed E-state index contributed by atoms with van der Waals surface area (Å²) in [6.07, 6.45) is -6.80. The number of methoxy groups -OCH3 is 1. The van der Waals surface area contributed by atoms with Crippen molar-refractivity contribution in [2.24, 2.45) is 5.73 Å². The molecule has 1 aliphatic heterocycles. The van der Waals surface area contributed by atoms with Gasteiger partial charge >= 0.3 is 6.18 Å². The Labute approximate surface area is 229 Å². The van der Waals surface area contributed by atoms with Crippen molar-refractivity contribution < 1.29 is 42.4 Å². The number of fused-ring (bicyclic) bond motifs is 1.